The summed E-state index contributed by atoms with van der Waals surface area (Å²) < 4.78 is 34.3. The number of carbonyl (C=O) groups is 1. The van der Waals surface area contributed by atoms with Crippen LogP contribution in [0.1, 0.15) is 53.9 Å². The molecule has 0 atom stereocenters. The van der Waals surface area contributed by atoms with E-state index in [1.807, 2.05) is 32.9 Å². The number of thiazole rings is 1. The van der Waals surface area contributed by atoms with Crippen molar-refractivity contribution in [1.29, 1.82) is 0 Å². The molecule has 36 heavy (non-hydrogen) atoms. The van der Waals surface area contributed by atoms with Crippen LogP contribution in [0.2, 0.25) is 0 Å². The van der Waals surface area contributed by atoms with E-state index in [0.717, 1.165) is 28.6 Å². The molecule has 0 saturated heterocycles. The summed E-state index contributed by atoms with van der Waals surface area (Å²) >= 11 is 1.45. The molecule has 0 spiro atoms. The predicted octanol–water partition coefficient (Wildman–Crippen LogP) is 6.16. The zero-order valence-corrected chi connectivity index (χ0v) is 22.7. The van der Waals surface area contributed by atoms with E-state index in [-0.39, 0.29) is 17.3 Å². The average molecular weight is 526 g/mol. The van der Waals surface area contributed by atoms with Crippen molar-refractivity contribution in [1.82, 2.24) is 9.29 Å². The monoisotopic (exact) mass is 525 g/mol. The highest BCUT2D eigenvalue weighted by atomic mass is 32.2. The third-order valence-corrected chi connectivity index (χ3v) is 9.00. The van der Waals surface area contributed by atoms with Gasteiger partial charge in [0.15, 0.2) is 5.13 Å². The van der Waals surface area contributed by atoms with Crippen LogP contribution in [0.5, 0.6) is 0 Å². The number of furan rings is 1. The van der Waals surface area contributed by atoms with Gasteiger partial charge in [0.1, 0.15) is 5.76 Å². The van der Waals surface area contributed by atoms with E-state index in [1.165, 1.54) is 33.3 Å². The van der Waals surface area contributed by atoms with Gasteiger partial charge in [0, 0.05) is 18.7 Å². The van der Waals surface area contributed by atoms with Crippen molar-refractivity contribution >= 4 is 42.6 Å². The molecule has 0 aliphatic carbocycles. The Kier molecular flexibility index (Phi) is 7.92. The third-order valence-electron chi connectivity index (χ3n) is 6.05. The maximum Gasteiger partial charge on any atom is 0.260 e. The standard InChI is InChI=1S/C27H31N3O4S2/c1-5-13-29(14-6-2)36(32,33)23-11-9-21(10-12-23)26(31)30(18-22-8-7-15-34-22)27-28-24-16-19(3)20(4)17-25(24)35-27/h7-12,15-17H,5-6,13-14,18H2,1-4H3. The quantitative estimate of drug-likeness (QED) is 0.247. The van der Waals surface area contributed by atoms with Gasteiger partial charge >= 0.3 is 0 Å². The number of aromatic nitrogens is 1. The Balaban J connectivity index is 1.67. The summed E-state index contributed by atoms with van der Waals surface area (Å²) in [6.07, 6.45) is 3.04. The van der Waals surface area contributed by atoms with E-state index in [2.05, 4.69) is 13.0 Å². The Morgan fingerprint density at radius 2 is 1.67 bits per heavy atom. The normalized spacial score (nSPS) is 11.9. The fraction of sp³-hybridized carbons (Fsp3) is 0.333. The number of hydrogen-bond donors (Lipinski definition) is 0. The molecule has 0 aliphatic heterocycles. The molecule has 0 radical (unpaired) electrons. The molecule has 0 unspecified atom stereocenters. The summed E-state index contributed by atoms with van der Waals surface area (Å²) in [5.41, 5.74) is 3.52. The Morgan fingerprint density at radius 1 is 1.00 bits per heavy atom. The van der Waals surface area contributed by atoms with Gasteiger partial charge in [0.2, 0.25) is 10.0 Å². The first-order valence-electron chi connectivity index (χ1n) is 12.1. The highest BCUT2D eigenvalue weighted by Gasteiger charge is 2.26. The van der Waals surface area contributed by atoms with Crippen molar-refractivity contribution in [2.45, 2.75) is 52.0 Å². The summed E-state index contributed by atoms with van der Waals surface area (Å²) in [6.45, 7) is 9.14. The van der Waals surface area contributed by atoms with Crippen LogP contribution in [-0.4, -0.2) is 36.7 Å². The summed E-state index contributed by atoms with van der Waals surface area (Å²) in [7, 11) is -3.62. The number of aryl methyl sites for hydroxylation is 2. The van der Waals surface area contributed by atoms with Crippen molar-refractivity contribution < 1.29 is 17.6 Å². The minimum Gasteiger partial charge on any atom is -0.467 e. The molecular formula is C27H31N3O4S2. The lowest BCUT2D eigenvalue weighted by molar-refractivity contribution is 0.0983. The van der Waals surface area contributed by atoms with Gasteiger partial charge in [-0.1, -0.05) is 25.2 Å². The van der Waals surface area contributed by atoms with Crippen LogP contribution < -0.4 is 4.90 Å². The number of sulfonamides is 1. The van der Waals surface area contributed by atoms with Crippen molar-refractivity contribution in [3.63, 3.8) is 0 Å². The SMILES string of the molecule is CCCN(CCC)S(=O)(=O)c1ccc(C(=O)N(Cc2ccco2)c2nc3cc(C)c(C)cc3s2)cc1. The van der Waals surface area contributed by atoms with Crippen LogP contribution in [0, 0.1) is 13.8 Å². The number of carbonyl (C=O) groups excluding carboxylic acids is 1. The molecule has 2 aromatic heterocycles. The summed E-state index contributed by atoms with van der Waals surface area (Å²) in [5, 5.41) is 0.560. The lowest BCUT2D eigenvalue weighted by Gasteiger charge is -2.21. The number of fused-ring (bicyclic) bond motifs is 1. The molecule has 2 heterocycles. The number of hydrogen-bond acceptors (Lipinski definition) is 6. The first-order valence-corrected chi connectivity index (χ1v) is 14.3. The topological polar surface area (TPSA) is 83.7 Å². The summed E-state index contributed by atoms with van der Waals surface area (Å²) in [6, 6.07) is 13.9. The van der Waals surface area contributed by atoms with Crippen LogP contribution in [-0.2, 0) is 16.6 Å². The van der Waals surface area contributed by atoms with E-state index < -0.39 is 10.0 Å². The second kappa shape index (κ2) is 10.9. The minimum absolute atomic E-state index is 0.185. The minimum atomic E-state index is -3.62. The molecule has 7 nitrogen and oxygen atoms in total. The molecular weight excluding hydrogens is 494 g/mol. The van der Waals surface area contributed by atoms with Crippen LogP contribution >= 0.6 is 11.3 Å². The number of nitrogens with zero attached hydrogens (tertiary/aromatic N) is 3. The fourth-order valence-electron chi connectivity index (χ4n) is 3.99. The van der Waals surface area contributed by atoms with Crippen molar-refractivity contribution in [2.24, 2.45) is 0 Å². The molecule has 0 bridgehead atoms. The maximum absolute atomic E-state index is 13.7. The first-order chi connectivity index (χ1) is 17.2. The van der Waals surface area contributed by atoms with Gasteiger partial charge in [-0.2, -0.15) is 4.31 Å². The van der Waals surface area contributed by atoms with Gasteiger partial charge in [-0.05, 0) is 86.3 Å². The highest BCUT2D eigenvalue weighted by Crippen LogP contribution is 2.32. The Labute approximate surface area is 216 Å². The van der Waals surface area contributed by atoms with E-state index in [4.69, 9.17) is 9.40 Å². The second-order valence-electron chi connectivity index (χ2n) is 8.80. The molecule has 0 saturated carbocycles. The van der Waals surface area contributed by atoms with Gasteiger partial charge in [0.25, 0.3) is 5.91 Å². The molecule has 0 fully saturated rings. The van der Waals surface area contributed by atoms with E-state index in [0.29, 0.717) is 29.5 Å². The van der Waals surface area contributed by atoms with Gasteiger partial charge in [0.05, 0.1) is 27.9 Å². The number of amides is 1. The average Bonchev–Trinajstić information content (AvgIpc) is 3.52. The third kappa shape index (κ3) is 5.38. The Morgan fingerprint density at radius 3 is 2.28 bits per heavy atom. The van der Waals surface area contributed by atoms with E-state index in [9.17, 15) is 13.2 Å². The van der Waals surface area contributed by atoms with Crippen LogP contribution in [0.25, 0.3) is 10.2 Å². The Bertz CT molecular complexity index is 1400. The lowest BCUT2D eigenvalue weighted by atomic mass is 10.1. The predicted molar refractivity (Wildman–Crippen MR) is 144 cm³/mol. The van der Waals surface area contributed by atoms with Gasteiger partial charge in [-0.3, -0.25) is 9.69 Å². The van der Waals surface area contributed by atoms with Gasteiger partial charge < -0.3 is 4.42 Å². The van der Waals surface area contributed by atoms with Crippen LogP contribution in [0.15, 0.2) is 64.1 Å². The summed E-state index contributed by atoms with van der Waals surface area (Å²) in [4.78, 5) is 20.2. The summed E-state index contributed by atoms with van der Waals surface area (Å²) in [5.74, 6) is 0.353. The van der Waals surface area contributed by atoms with E-state index in [1.54, 1.807) is 29.4 Å². The van der Waals surface area contributed by atoms with Crippen molar-refractivity contribution in [2.75, 3.05) is 18.0 Å². The zero-order valence-electron chi connectivity index (χ0n) is 21.0. The number of anilines is 1. The first kappa shape index (κ1) is 26.1. The second-order valence-corrected chi connectivity index (χ2v) is 11.7. The lowest BCUT2D eigenvalue weighted by Crippen LogP contribution is -2.33. The molecule has 0 aliphatic rings. The molecule has 4 aromatic rings. The smallest absolute Gasteiger partial charge is 0.260 e. The molecule has 190 valence electrons. The largest absolute Gasteiger partial charge is 0.467 e. The van der Waals surface area contributed by atoms with Crippen molar-refractivity contribution in [3.05, 3.63) is 77.2 Å². The van der Waals surface area contributed by atoms with Gasteiger partial charge in [-0.15, -0.1) is 0 Å². The maximum atomic E-state index is 13.7. The van der Waals surface area contributed by atoms with Crippen LogP contribution in [0.3, 0.4) is 0 Å². The molecule has 9 heteroatoms. The molecule has 4 rings (SSSR count). The number of benzene rings is 2. The molecule has 1 amide bonds. The molecule has 2 aromatic carbocycles. The Hall–Kier alpha value is -3.01. The fourth-order valence-corrected chi connectivity index (χ4v) is 6.66. The number of rotatable bonds is 10. The van der Waals surface area contributed by atoms with E-state index >= 15 is 0 Å². The van der Waals surface area contributed by atoms with Gasteiger partial charge in [-0.25, -0.2) is 13.4 Å². The van der Waals surface area contributed by atoms with Crippen LogP contribution in [0.4, 0.5) is 5.13 Å². The molecule has 0 N–H and O–H groups in total. The zero-order chi connectivity index (χ0) is 25.9. The highest BCUT2D eigenvalue weighted by molar-refractivity contribution is 7.89. The van der Waals surface area contributed by atoms with Crippen molar-refractivity contribution in [3.8, 4) is 0 Å².